The molecule has 2 aromatic heterocycles. The van der Waals surface area contributed by atoms with Crippen molar-refractivity contribution in [2.75, 3.05) is 5.32 Å². The molecule has 1 aliphatic rings. The third-order valence-electron chi connectivity index (χ3n) is 6.20. The highest BCUT2D eigenvalue weighted by Gasteiger charge is 2.37. The summed E-state index contributed by atoms with van der Waals surface area (Å²) in [5.41, 5.74) is 6.85. The molecule has 1 saturated carbocycles. The monoisotopic (exact) mass is 466 g/mol. The second-order valence-corrected chi connectivity index (χ2v) is 8.73. The number of hydrogen-bond donors (Lipinski definition) is 2. The number of halogens is 3. The topological polar surface area (TPSA) is 81.6 Å². The Morgan fingerprint density at radius 3 is 2.53 bits per heavy atom. The van der Waals surface area contributed by atoms with E-state index in [4.69, 9.17) is 5.73 Å². The van der Waals surface area contributed by atoms with E-state index in [1.165, 1.54) is 0 Å². The van der Waals surface area contributed by atoms with Gasteiger partial charge in [0, 0.05) is 23.7 Å². The predicted octanol–water partition coefficient (Wildman–Crippen LogP) is 5.24. The number of hydrogen-bond acceptors (Lipinski definition) is 5. The van der Waals surface area contributed by atoms with Crippen LogP contribution >= 0.6 is 0 Å². The summed E-state index contributed by atoms with van der Waals surface area (Å²) in [4.78, 5) is 8.33. The van der Waals surface area contributed by atoms with Crippen molar-refractivity contribution < 1.29 is 13.2 Å². The summed E-state index contributed by atoms with van der Waals surface area (Å²) in [5.74, 6) is 0.156. The summed E-state index contributed by atoms with van der Waals surface area (Å²) in [6.07, 6.45) is -0.261. The van der Waals surface area contributed by atoms with Gasteiger partial charge in [0.2, 0.25) is 5.95 Å². The van der Waals surface area contributed by atoms with Crippen LogP contribution < -0.4 is 11.1 Å². The maximum absolute atomic E-state index is 14.0. The van der Waals surface area contributed by atoms with Crippen molar-refractivity contribution in [3.63, 3.8) is 0 Å². The lowest BCUT2D eigenvalue weighted by molar-refractivity contribution is -0.137. The highest BCUT2D eigenvalue weighted by molar-refractivity contribution is 5.93. The molecule has 0 aliphatic heterocycles. The quantitative estimate of drug-likeness (QED) is 0.420. The van der Waals surface area contributed by atoms with Crippen molar-refractivity contribution in [1.82, 2.24) is 19.7 Å². The second-order valence-electron chi connectivity index (χ2n) is 8.73. The number of nitrogens with one attached hydrogen (secondary N) is 1. The Balaban J connectivity index is 1.59. The van der Waals surface area contributed by atoms with Crippen molar-refractivity contribution in [3.05, 3.63) is 71.9 Å². The molecule has 2 aromatic carbocycles. The van der Waals surface area contributed by atoms with Crippen LogP contribution in [-0.4, -0.2) is 31.8 Å². The molecule has 0 amide bonds. The van der Waals surface area contributed by atoms with Gasteiger partial charge in [-0.25, -0.2) is 9.97 Å². The molecule has 4 aromatic rings. The summed E-state index contributed by atoms with van der Waals surface area (Å²) >= 11 is 0. The first-order chi connectivity index (χ1) is 16.4. The number of para-hydroxylation sites is 1. The zero-order valence-corrected chi connectivity index (χ0v) is 18.5. The molecule has 2 heterocycles. The lowest BCUT2D eigenvalue weighted by atomic mass is 9.92. The van der Waals surface area contributed by atoms with Crippen LogP contribution in [0.25, 0.3) is 22.3 Å². The Labute approximate surface area is 195 Å². The molecule has 6 nitrogen and oxygen atoms in total. The second kappa shape index (κ2) is 9.06. The molecule has 34 heavy (non-hydrogen) atoms. The highest BCUT2D eigenvalue weighted by Crippen LogP contribution is 2.38. The summed E-state index contributed by atoms with van der Waals surface area (Å²) < 4.78 is 43.7. The van der Waals surface area contributed by atoms with Gasteiger partial charge in [-0.2, -0.15) is 18.3 Å². The van der Waals surface area contributed by atoms with E-state index in [1.54, 1.807) is 16.8 Å². The normalized spacial score (nSPS) is 18.8. The standard InChI is InChI=1S/C25H25F3N6/c26-25(27,28)20-14-30-24(31-18-10-6-9-17(29)13-18)32-23(20)22-19-11-4-5-12-21(19)34(33-22)15-16-7-2-1-3-8-16/h1-5,7-8,11-12,14,17-18H,6,9-10,13,15,29H2,(H,30,31,32)/t17-,18+/m0/s1. The molecule has 1 aliphatic carbocycles. The third kappa shape index (κ3) is 4.61. The smallest absolute Gasteiger partial charge is 0.351 e. The van der Waals surface area contributed by atoms with Crippen LogP contribution in [0.1, 0.15) is 36.8 Å². The molecule has 9 heteroatoms. The molecule has 176 valence electrons. The van der Waals surface area contributed by atoms with E-state index in [-0.39, 0.29) is 29.4 Å². The lowest BCUT2D eigenvalue weighted by Gasteiger charge is -2.27. The molecule has 2 atom stereocenters. The molecule has 1 fully saturated rings. The van der Waals surface area contributed by atoms with E-state index in [1.807, 2.05) is 42.5 Å². The van der Waals surface area contributed by atoms with Crippen molar-refractivity contribution in [2.24, 2.45) is 5.73 Å². The molecule has 3 N–H and O–H groups in total. The number of aromatic nitrogens is 4. The lowest BCUT2D eigenvalue weighted by Crippen LogP contribution is -2.35. The summed E-state index contributed by atoms with van der Waals surface area (Å²) in [6, 6.07) is 17.0. The maximum Gasteiger partial charge on any atom is 0.420 e. The van der Waals surface area contributed by atoms with Gasteiger partial charge < -0.3 is 11.1 Å². The zero-order chi connectivity index (χ0) is 23.7. The van der Waals surface area contributed by atoms with Crippen LogP contribution in [-0.2, 0) is 12.7 Å². The van der Waals surface area contributed by atoms with Gasteiger partial charge in [-0.3, -0.25) is 4.68 Å². The van der Waals surface area contributed by atoms with E-state index in [0.717, 1.165) is 43.0 Å². The molecule has 0 bridgehead atoms. The maximum atomic E-state index is 14.0. The van der Waals surface area contributed by atoms with E-state index < -0.39 is 11.7 Å². The summed E-state index contributed by atoms with van der Waals surface area (Å²) in [5, 5.41) is 8.40. The van der Waals surface area contributed by atoms with Gasteiger partial charge in [-0.15, -0.1) is 0 Å². The van der Waals surface area contributed by atoms with Crippen LogP contribution in [0.3, 0.4) is 0 Å². The fraction of sp³-hybridized carbons (Fsp3) is 0.320. The van der Waals surface area contributed by atoms with Gasteiger partial charge in [-0.1, -0.05) is 48.5 Å². The van der Waals surface area contributed by atoms with Crippen molar-refractivity contribution in [2.45, 2.75) is 50.5 Å². The number of rotatable bonds is 5. The first-order valence-corrected chi connectivity index (χ1v) is 11.3. The minimum atomic E-state index is -4.62. The first-order valence-electron chi connectivity index (χ1n) is 11.3. The van der Waals surface area contributed by atoms with Crippen LogP contribution in [0.5, 0.6) is 0 Å². The van der Waals surface area contributed by atoms with Gasteiger partial charge in [0.15, 0.2) is 0 Å². The predicted molar refractivity (Wildman–Crippen MR) is 125 cm³/mol. The highest BCUT2D eigenvalue weighted by atomic mass is 19.4. The van der Waals surface area contributed by atoms with E-state index >= 15 is 0 Å². The SMILES string of the molecule is N[C@H]1CCC[C@@H](Nc2ncc(C(F)(F)F)c(-c3nn(Cc4ccccc4)c4ccccc34)n2)C1. The summed E-state index contributed by atoms with van der Waals surface area (Å²) in [6.45, 7) is 0.429. The fourth-order valence-electron chi connectivity index (χ4n) is 4.56. The summed E-state index contributed by atoms with van der Waals surface area (Å²) in [7, 11) is 0. The van der Waals surface area contributed by atoms with Crippen molar-refractivity contribution in [3.8, 4) is 11.4 Å². The number of anilines is 1. The van der Waals surface area contributed by atoms with Crippen molar-refractivity contribution in [1.29, 1.82) is 0 Å². The third-order valence-corrected chi connectivity index (χ3v) is 6.20. The van der Waals surface area contributed by atoms with Gasteiger partial charge in [0.25, 0.3) is 0 Å². The van der Waals surface area contributed by atoms with Crippen LogP contribution in [0.2, 0.25) is 0 Å². The molecule has 0 radical (unpaired) electrons. The number of fused-ring (bicyclic) bond motifs is 1. The molecule has 0 spiro atoms. The van der Waals surface area contributed by atoms with Crippen LogP contribution in [0, 0.1) is 0 Å². The van der Waals surface area contributed by atoms with Gasteiger partial charge in [-0.05, 0) is 37.3 Å². The fourth-order valence-corrected chi connectivity index (χ4v) is 4.56. The minimum Gasteiger partial charge on any atom is -0.351 e. The zero-order valence-electron chi connectivity index (χ0n) is 18.5. The molecule has 0 unspecified atom stereocenters. The van der Waals surface area contributed by atoms with E-state index in [2.05, 4.69) is 20.4 Å². The van der Waals surface area contributed by atoms with Gasteiger partial charge in [0.1, 0.15) is 17.0 Å². The molecular weight excluding hydrogens is 441 g/mol. The number of alkyl halides is 3. The van der Waals surface area contributed by atoms with Gasteiger partial charge >= 0.3 is 6.18 Å². The molecular formula is C25H25F3N6. The van der Waals surface area contributed by atoms with Crippen molar-refractivity contribution >= 4 is 16.9 Å². The minimum absolute atomic E-state index is 0.0284. The van der Waals surface area contributed by atoms with Crippen LogP contribution in [0.15, 0.2) is 60.8 Å². The molecule has 5 rings (SSSR count). The van der Waals surface area contributed by atoms with Gasteiger partial charge in [0.05, 0.1) is 12.1 Å². The largest absolute Gasteiger partial charge is 0.420 e. The Morgan fingerprint density at radius 2 is 1.76 bits per heavy atom. The Morgan fingerprint density at radius 1 is 1.00 bits per heavy atom. The number of nitrogens with zero attached hydrogens (tertiary/aromatic N) is 4. The average Bonchev–Trinajstić information content (AvgIpc) is 3.17. The Kier molecular flexibility index (Phi) is 5.95. The number of benzene rings is 2. The average molecular weight is 467 g/mol. The Hall–Kier alpha value is -3.46. The van der Waals surface area contributed by atoms with Crippen LogP contribution in [0.4, 0.5) is 19.1 Å². The Bertz CT molecular complexity index is 1290. The van der Waals surface area contributed by atoms with E-state index in [9.17, 15) is 13.2 Å². The first kappa shape index (κ1) is 22.3. The number of nitrogens with two attached hydrogens (primary N) is 1. The van der Waals surface area contributed by atoms with E-state index in [0.29, 0.717) is 11.9 Å². The molecule has 0 saturated heterocycles.